The summed E-state index contributed by atoms with van der Waals surface area (Å²) in [6, 6.07) is 20.1. The smallest absolute Gasteiger partial charge is 0.339 e. The molecule has 0 unspecified atom stereocenters. The summed E-state index contributed by atoms with van der Waals surface area (Å²) >= 11 is 11.8. The van der Waals surface area contributed by atoms with Crippen LogP contribution in [0.2, 0.25) is 10.0 Å². The highest BCUT2D eigenvalue weighted by Crippen LogP contribution is 2.25. The van der Waals surface area contributed by atoms with Crippen LogP contribution in [-0.2, 0) is 14.9 Å². The Morgan fingerprint density at radius 3 is 2.39 bits per heavy atom. The molecule has 0 aliphatic carbocycles. The number of carbonyl (C=O) groups excluding carboxylic acids is 1. The Balaban J connectivity index is 1.81. The van der Waals surface area contributed by atoms with Crippen LogP contribution in [0.4, 0.5) is 5.69 Å². The first-order chi connectivity index (χ1) is 14.8. The van der Waals surface area contributed by atoms with E-state index >= 15 is 0 Å². The number of hydrogen-bond acceptors (Lipinski definition) is 5. The molecule has 0 atom stereocenters. The molecule has 31 heavy (non-hydrogen) atoms. The topological polar surface area (TPSA) is 96.3 Å². The maximum absolute atomic E-state index is 12.4. The van der Waals surface area contributed by atoms with Crippen LogP contribution in [0.1, 0.15) is 5.56 Å². The summed E-state index contributed by atoms with van der Waals surface area (Å²) in [7, 11) is -4.02. The number of amides is 1. The third kappa shape index (κ3) is 5.86. The molecule has 0 aliphatic heterocycles. The van der Waals surface area contributed by atoms with Crippen molar-refractivity contribution in [2.75, 3.05) is 5.32 Å². The van der Waals surface area contributed by atoms with Gasteiger partial charge in [-0.2, -0.15) is 13.7 Å². The highest BCUT2D eigenvalue weighted by Gasteiger charge is 2.16. The zero-order valence-corrected chi connectivity index (χ0v) is 18.1. The fraction of sp³-hybridized carbons (Fsp3) is 0. The van der Waals surface area contributed by atoms with Gasteiger partial charge in [0.05, 0.1) is 10.0 Å². The lowest BCUT2D eigenvalue weighted by atomic mass is 10.1. The Bertz CT molecular complexity index is 1300. The third-order valence-corrected chi connectivity index (χ3v) is 5.95. The predicted molar refractivity (Wildman–Crippen MR) is 119 cm³/mol. The average molecular weight is 473 g/mol. The zero-order chi connectivity index (χ0) is 22.4. The molecule has 156 valence electrons. The molecule has 1 amide bonds. The summed E-state index contributed by atoms with van der Waals surface area (Å²) in [5, 5.41) is 12.5. The van der Waals surface area contributed by atoms with Gasteiger partial charge in [0.1, 0.15) is 22.3 Å². The van der Waals surface area contributed by atoms with Crippen LogP contribution in [0.3, 0.4) is 0 Å². The molecule has 0 aromatic heterocycles. The van der Waals surface area contributed by atoms with Crippen molar-refractivity contribution in [2.45, 2.75) is 4.90 Å². The second-order valence-corrected chi connectivity index (χ2v) is 8.54. The second kappa shape index (κ2) is 9.67. The summed E-state index contributed by atoms with van der Waals surface area (Å²) in [5.74, 6) is -0.621. The van der Waals surface area contributed by atoms with Crippen LogP contribution in [0.15, 0.2) is 83.3 Å². The Kier molecular flexibility index (Phi) is 6.98. The van der Waals surface area contributed by atoms with E-state index in [4.69, 9.17) is 27.4 Å². The van der Waals surface area contributed by atoms with Gasteiger partial charge in [0.2, 0.25) is 0 Å². The summed E-state index contributed by atoms with van der Waals surface area (Å²) in [5.41, 5.74) is 0.572. The van der Waals surface area contributed by atoms with Gasteiger partial charge in [0.25, 0.3) is 5.91 Å². The molecule has 9 heteroatoms. The Hall–Kier alpha value is -3.31. The van der Waals surface area contributed by atoms with Crippen LogP contribution in [0.25, 0.3) is 6.08 Å². The number of hydrogen-bond donors (Lipinski definition) is 1. The molecule has 0 spiro atoms. The lowest BCUT2D eigenvalue weighted by Crippen LogP contribution is -2.13. The fourth-order valence-corrected chi connectivity index (χ4v) is 3.75. The molecule has 1 N–H and O–H groups in total. The Morgan fingerprint density at radius 2 is 1.71 bits per heavy atom. The molecule has 0 saturated heterocycles. The van der Waals surface area contributed by atoms with Crippen molar-refractivity contribution in [3.63, 3.8) is 0 Å². The van der Waals surface area contributed by atoms with Crippen molar-refractivity contribution >= 4 is 51.0 Å². The van der Waals surface area contributed by atoms with Gasteiger partial charge < -0.3 is 9.50 Å². The highest BCUT2D eigenvalue weighted by atomic mass is 35.5. The Labute approximate surface area is 189 Å². The molecule has 0 fully saturated rings. The van der Waals surface area contributed by atoms with Gasteiger partial charge >= 0.3 is 10.1 Å². The monoisotopic (exact) mass is 472 g/mol. The van der Waals surface area contributed by atoms with Crippen molar-refractivity contribution in [2.24, 2.45) is 0 Å². The minimum Gasteiger partial charge on any atom is -0.379 e. The number of nitrogens with zero attached hydrogens (tertiary/aromatic N) is 1. The van der Waals surface area contributed by atoms with Gasteiger partial charge in [0, 0.05) is 5.69 Å². The Morgan fingerprint density at radius 1 is 0.968 bits per heavy atom. The number of carbonyl (C=O) groups is 1. The average Bonchev–Trinajstić information content (AvgIpc) is 2.75. The molecule has 0 bridgehead atoms. The second-order valence-electron chi connectivity index (χ2n) is 6.18. The van der Waals surface area contributed by atoms with Crippen molar-refractivity contribution in [3.8, 4) is 11.8 Å². The molecular weight excluding hydrogens is 459 g/mol. The molecule has 0 heterocycles. The molecule has 6 nitrogen and oxygen atoms in total. The standard InChI is InChI=1S/C22H14Cl2N2O4S/c23-20-10-9-17(13-21(20)24)26-22(27)16(14-25)11-15-5-4-6-18(12-15)30-31(28,29)19-7-2-1-3-8-19/h1-13H,(H,26,27)/b16-11+. The number of nitrogens with one attached hydrogen (secondary N) is 1. The van der Waals surface area contributed by atoms with Gasteiger partial charge in [-0.3, -0.25) is 4.79 Å². The SMILES string of the molecule is N#C/C(=C\c1cccc(OS(=O)(=O)c2ccccc2)c1)C(=O)Nc1ccc(Cl)c(Cl)c1. The zero-order valence-electron chi connectivity index (χ0n) is 15.7. The van der Waals surface area contributed by atoms with Gasteiger partial charge in [-0.1, -0.05) is 53.5 Å². The molecular formula is C22H14Cl2N2O4S. The van der Waals surface area contributed by atoms with Crippen LogP contribution >= 0.6 is 23.2 Å². The minimum absolute atomic E-state index is 0.00895. The van der Waals surface area contributed by atoms with E-state index in [9.17, 15) is 18.5 Å². The predicted octanol–water partition coefficient (Wildman–Crippen LogP) is 5.31. The molecule has 3 aromatic rings. The number of rotatable bonds is 6. The molecule has 0 saturated carbocycles. The van der Waals surface area contributed by atoms with Gasteiger partial charge in [-0.25, -0.2) is 0 Å². The van der Waals surface area contributed by atoms with E-state index in [0.717, 1.165) is 0 Å². The van der Waals surface area contributed by atoms with E-state index in [-0.39, 0.29) is 21.2 Å². The molecule has 0 radical (unpaired) electrons. The summed E-state index contributed by atoms with van der Waals surface area (Å²) in [4.78, 5) is 12.4. The largest absolute Gasteiger partial charge is 0.379 e. The normalized spacial score (nSPS) is 11.5. The first kappa shape index (κ1) is 22.4. The summed E-state index contributed by atoms with van der Waals surface area (Å²) in [6.07, 6.45) is 1.31. The first-order valence-corrected chi connectivity index (χ1v) is 10.9. The third-order valence-electron chi connectivity index (χ3n) is 3.95. The highest BCUT2D eigenvalue weighted by molar-refractivity contribution is 7.87. The lowest BCUT2D eigenvalue weighted by Gasteiger charge is -2.08. The number of anilines is 1. The number of benzene rings is 3. The van der Waals surface area contributed by atoms with Crippen LogP contribution in [-0.4, -0.2) is 14.3 Å². The van der Waals surface area contributed by atoms with Gasteiger partial charge in [0.15, 0.2) is 0 Å². The minimum atomic E-state index is -4.02. The quantitative estimate of drug-likeness (QED) is 0.298. The molecule has 0 aliphatic rings. The van der Waals surface area contributed by atoms with Crippen molar-refractivity contribution in [3.05, 3.63) is 94.0 Å². The maximum Gasteiger partial charge on any atom is 0.339 e. The van der Waals surface area contributed by atoms with Crippen LogP contribution in [0.5, 0.6) is 5.75 Å². The van der Waals surface area contributed by atoms with Crippen molar-refractivity contribution in [1.82, 2.24) is 0 Å². The van der Waals surface area contributed by atoms with E-state index in [0.29, 0.717) is 16.3 Å². The lowest BCUT2D eigenvalue weighted by molar-refractivity contribution is -0.112. The van der Waals surface area contributed by atoms with E-state index in [2.05, 4.69) is 5.32 Å². The first-order valence-electron chi connectivity index (χ1n) is 8.76. The van der Waals surface area contributed by atoms with Crippen molar-refractivity contribution < 1.29 is 17.4 Å². The number of halogens is 2. The van der Waals surface area contributed by atoms with Gasteiger partial charge in [-0.05, 0) is 54.1 Å². The summed E-state index contributed by atoms with van der Waals surface area (Å²) in [6.45, 7) is 0. The fourth-order valence-electron chi connectivity index (χ4n) is 2.51. The van der Waals surface area contributed by atoms with E-state index in [1.165, 1.54) is 42.5 Å². The van der Waals surface area contributed by atoms with E-state index in [1.807, 2.05) is 6.07 Å². The molecule has 3 rings (SSSR count). The van der Waals surface area contributed by atoms with E-state index in [1.54, 1.807) is 36.4 Å². The van der Waals surface area contributed by atoms with Crippen LogP contribution in [0, 0.1) is 11.3 Å². The molecule has 3 aromatic carbocycles. The van der Waals surface area contributed by atoms with Gasteiger partial charge in [-0.15, -0.1) is 0 Å². The van der Waals surface area contributed by atoms with Crippen molar-refractivity contribution in [1.29, 1.82) is 5.26 Å². The summed E-state index contributed by atoms with van der Waals surface area (Å²) < 4.78 is 29.9. The van der Waals surface area contributed by atoms with E-state index < -0.39 is 16.0 Å². The number of nitriles is 1. The maximum atomic E-state index is 12.4. The van der Waals surface area contributed by atoms with Crippen LogP contribution < -0.4 is 9.50 Å².